The molecule has 0 spiro atoms. The summed E-state index contributed by atoms with van der Waals surface area (Å²) < 4.78 is 0. The maximum absolute atomic E-state index is 13.1. The van der Waals surface area contributed by atoms with E-state index in [4.69, 9.17) is 0 Å². The molecule has 0 unspecified atom stereocenters. The fourth-order valence-corrected chi connectivity index (χ4v) is 3.29. The second-order valence-electron chi connectivity index (χ2n) is 7.19. The number of fused-ring (bicyclic) bond motifs is 1. The molecule has 0 saturated carbocycles. The van der Waals surface area contributed by atoms with Crippen LogP contribution in [0.2, 0.25) is 0 Å². The van der Waals surface area contributed by atoms with E-state index in [9.17, 15) is 9.59 Å². The largest absolute Gasteiger partial charge is 0.326 e. The highest BCUT2D eigenvalue weighted by atomic mass is 16.2. The average molecular weight is 423 g/mol. The Morgan fingerprint density at radius 3 is 2.47 bits per heavy atom. The molecule has 2 N–H and O–H groups in total. The van der Waals surface area contributed by atoms with Crippen molar-refractivity contribution in [1.29, 1.82) is 0 Å². The minimum absolute atomic E-state index is 0.154. The van der Waals surface area contributed by atoms with Gasteiger partial charge in [0.1, 0.15) is 0 Å². The molecule has 158 valence electrons. The van der Waals surface area contributed by atoms with Crippen LogP contribution < -0.4 is 10.7 Å². The molecule has 0 aliphatic rings. The van der Waals surface area contributed by atoms with E-state index in [1.807, 2.05) is 54.6 Å². The highest BCUT2D eigenvalue weighted by Crippen LogP contribution is 2.23. The Balaban J connectivity index is 1.65. The Kier molecular flexibility index (Phi) is 5.98. The predicted octanol–water partition coefficient (Wildman–Crippen LogP) is 4.41. The van der Waals surface area contributed by atoms with Gasteiger partial charge in [-0.05, 0) is 48.9 Å². The predicted molar refractivity (Wildman–Crippen MR) is 125 cm³/mol. The van der Waals surface area contributed by atoms with Crippen LogP contribution in [0.4, 0.5) is 5.69 Å². The van der Waals surface area contributed by atoms with Crippen molar-refractivity contribution >= 4 is 34.1 Å². The quantitative estimate of drug-likeness (QED) is 0.367. The highest BCUT2D eigenvalue weighted by molar-refractivity contribution is 6.08. The maximum atomic E-state index is 13.1. The number of hydrogen-bond donors (Lipinski definition) is 2. The van der Waals surface area contributed by atoms with Gasteiger partial charge in [-0.1, -0.05) is 36.4 Å². The Bertz CT molecular complexity index is 1330. The van der Waals surface area contributed by atoms with E-state index in [0.29, 0.717) is 33.9 Å². The number of carbonyl (C=O) groups is 2. The summed E-state index contributed by atoms with van der Waals surface area (Å²) in [5, 5.41) is 7.73. The summed E-state index contributed by atoms with van der Waals surface area (Å²) in [7, 11) is 0. The lowest BCUT2D eigenvalue weighted by molar-refractivity contribution is -0.114. The fraction of sp³-hybridized carbons (Fsp3) is 0.0800. The van der Waals surface area contributed by atoms with Crippen LogP contribution in [0.5, 0.6) is 0 Å². The second-order valence-corrected chi connectivity index (χ2v) is 7.19. The van der Waals surface area contributed by atoms with Crippen LogP contribution in [-0.2, 0) is 4.79 Å². The normalized spacial score (nSPS) is 11.2. The number of carbonyl (C=O) groups excluding carboxylic acids is 2. The van der Waals surface area contributed by atoms with E-state index in [1.54, 1.807) is 31.3 Å². The Morgan fingerprint density at radius 1 is 0.875 bits per heavy atom. The Morgan fingerprint density at radius 2 is 1.69 bits per heavy atom. The summed E-state index contributed by atoms with van der Waals surface area (Å²) in [6.45, 7) is 3.24. The molecule has 0 atom stereocenters. The van der Waals surface area contributed by atoms with E-state index in [-0.39, 0.29) is 11.8 Å². The number of nitrogens with one attached hydrogen (secondary N) is 2. The molecule has 4 rings (SSSR count). The number of pyridine rings is 2. The third kappa shape index (κ3) is 4.67. The Hall–Kier alpha value is -4.39. The SMILES string of the molecule is CC(=O)Nc1cccc(/C(C)=N\NC(=O)c2cc(-c3ccccn3)nc3ccccc23)c1. The van der Waals surface area contributed by atoms with Gasteiger partial charge in [0, 0.05) is 24.2 Å². The van der Waals surface area contributed by atoms with Crippen LogP contribution in [0.1, 0.15) is 29.8 Å². The third-order valence-corrected chi connectivity index (χ3v) is 4.81. The molecule has 0 fully saturated rings. The van der Waals surface area contributed by atoms with Crippen molar-refractivity contribution in [3.05, 3.63) is 90.1 Å². The van der Waals surface area contributed by atoms with Gasteiger partial charge in [0.2, 0.25) is 5.91 Å². The van der Waals surface area contributed by atoms with Gasteiger partial charge in [-0.2, -0.15) is 5.10 Å². The third-order valence-electron chi connectivity index (χ3n) is 4.81. The minimum Gasteiger partial charge on any atom is -0.326 e. The standard InChI is InChI=1S/C25H21N5O2/c1-16(18-8-7-9-19(14-18)27-17(2)31)29-30-25(32)21-15-24(23-12-5-6-13-26-23)28-22-11-4-3-10-20(21)22/h3-15H,1-2H3,(H,27,31)(H,30,32)/b29-16-. The lowest BCUT2D eigenvalue weighted by Crippen LogP contribution is -2.20. The van der Waals surface area contributed by atoms with E-state index in [2.05, 4.69) is 25.8 Å². The van der Waals surface area contributed by atoms with Gasteiger partial charge in [0.25, 0.3) is 5.91 Å². The second kappa shape index (κ2) is 9.18. The van der Waals surface area contributed by atoms with E-state index in [1.165, 1.54) is 6.92 Å². The number of nitrogens with zero attached hydrogens (tertiary/aromatic N) is 3. The summed E-state index contributed by atoms with van der Waals surface area (Å²) >= 11 is 0. The van der Waals surface area contributed by atoms with Crippen LogP contribution in [0.15, 0.2) is 84.1 Å². The van der Waals surface area contributed by atoms with Crippen molar-refractivity contribution in [3.63, 3.8) is 0 Å². The number of aromatic nitrogens is 2. The van der Waals surface area contributed by atoms with Crippen LogP contribution in [-0.4, -0.2) is 27.5 Å². The number of benzene rings is 2. The van der Waals surface area contributed by atoms with Crippen LogP contribution >= 0.6 is 0 Å². The van der Waals surface area contributed by atoms with Crippen LogP contribution in [0.3, 0.4) is 0 Å². The summed E-state index contributed by atoms with van der Waals surface area (Å²) in [6.07, 6.45) is 1.69. The smallest absolute Gasteiger partial charge is 0.272 e. The first-order valence-corrected chi connectivity index (χ1v) is 10.0. The molecule has 0 aliphatic heterocycles. The molecule has 0 saturated heterocycles. The van der Waals surface area contributed by atoms with Gasteiger partial charge >= 0.3 is 0 Å². The number of hydrazone groups is 1. The van der Waals surface area contributed by atoms with Crippen molar-refractivity contribution in [2.75, 3.05) is 5.32 Å². The summed E-state index contributed by atoms with van der Waals surface area (Å²) in [5.74, 6) is -0.503. The number of para-hydroxylation sites is 1. The van der Waals surface area contributed by atoms with Crippen molar-refractivity contribution in [2.45, 2.75) is 13.8 Å². The highest BCUT2D eigenvalue weighted by Gasteiger charge is 2.14. The minimum atomic E-state index is -0.349. The molecule has 2 heterocycles. The number of rotatable bonds is 5. The first kappa shape index (κ1) is 20.9. The fourth-order valence-electron chi connectivity index (χ4n) is 3.29. The van der Waals surface area contributed by atoms with Crippen LogP contribution in [0.25, 0.3) is 22.3 Å². The number of amides is 2. The molecular formula is C25H21N5O2. The first-order chi connectivity index (χ1) is 15.5. The number of hydrogen-bond acceptors (Lipinski definition) is 5. The van der Waals surface area contributed by atoms with Gasteiger partial charge in [-0.3, -0.25) is 14.6 Å². The topological polar surface area (TPSA) is 96.3 Å². The zero-order valence-corrected chi connectivity index (χ0v) is 17.7. The average Bonchev–Trinajstić information content (AvgIpc) is 2.82. The van der Waals surface area contributed by atoms with Gasteiger partial charge in [0.15, 0.2) is 0 Å². The monoisotopic (exact) mass is 423 g/mol. The van der Waals surface area contributed by atoms with Gasteiger partial charge < -0.3 is 5.32 Å². The molecule has 0 bridgehead atoms. The number of anilines is 1. The lowest BCUT2D eigenvalue weighted by Gasteiger charge is -2.09. The summed E-state index contributed by atoms with van der Waals surface area (Å²) in [6, 6.07) is 22.0. The van der Waals surface area contributed by atoms with E-state index in [0.717, 1.165) is 10.9 Å². The van der Waals surface area contributed by atoms with Crippen molar-refractivity contribution < 1.29 is 9.59 Å². The van der Waals surface area contributed by atoms with Crippen molar-refractivity contribution in [2.24, 2.45) is 5.10 Å². The lowest BCUT2D eigenvalue weighted by atomic mass is 10.1. The molecule has 2 aromatic heterocycles. The van der Waals surface area contributed by atoms with Crippen molar-refractivity contribution in [3.8, 4) is 11.4 Å². The zero-order valence-electron chi connectivity index (χ0n) is 17.7. The van der Waals surface area contributed by atoms with Crippen LogP contribution in [0, 0.1) is 0 Å². The molecule has 4 aromatic rings. The molecule has 0 radical (unpaired) electrons. The van der Waals surface area contributed by atoms with E-state index >= 15 is 0 Å². The molecular weight excluding hydrogens is 402 g/mol. The van der Waals surface area contributed by atoms with Gasteiger partial charge in [-0.25, -0.2) is 10.4 Å². The molecule has 2 aromatic carbocycles. The molecule has 7 nitrogen and oxygen atoms in total. The Labute approximate surface area is 185 Å². The molecule has 7 heteroatoms. The van der Waals surface area contributed by atoms with E-state index < -0.39 is 0 Å². The molecule has 0 aliphatic carbocycles. The van der Waals surface area contributed by atoms with Gasteiger partial charge in [-0.15, -0.1) is 0 Å². The van der Waals surface area contributed by atoms with Crippen molar-refractivity contribution in [1.82, 2.24) is 15.4 Å². The zero-order chi connectivity index (χ0) is 22.5. The maximum Gasteiger partial charge on any atom is 0.272 e. The summed E-state index contributed by atoms with van der Waals surface area (Å²) in [5.41, 5.74) is 7.14. The molecule has 2 amide bonds. The molecule has 32 heavy (non-hydrogen) atoms. The summed E-state index contributed by atoms with van der Waals surface area (Å²) in [4.78, 5) is 33.4. The first-order valence-electron chi connectivity index (χ1n) is 10.0. The van der Waals surface area contributed by atoms with Gasteiger partial charge in [0.05, 0.1) is 28.2 Å².